The molecule has 4 heteroatoms. The summed E-state index contributed by atoms with van der Waals surface area (Å²) >= 11 is 3.58. The Hall–Kier alpha value is -1.05. The van der Waals surface area contributed by atoms with E-state index in [1.54, 1.807) is 0 Å². The molecular weight excluding hydrogens is 316 g/mol. The first-order valence-electron chi connectivity index (χ1n) is 7.22. The van der Waals surface area contributed by atoms with Crippen LogP contribution in [0, 0.1) is 16.7 Å². The summed E-state index contributed by atoms with van der Waals surface area (Å²) in [6.07, 6.45) is 5.45. The second-order valence-corrected chi connectivity index (χ2v) is 6.90. The number of hydrogen-bond acceptors (Lipinski definition) is 3. The van der Waals surface area contributed by atoms with Gasteiger partial charge in [-0.2, -0.15) is 5.26 Å². The predicted octanol–water partition coefficient (Wildman–Crippen LogP) is 3.77. The Kier molecular flexibility index (Phi) is 4.00. The number of nitrogens with zero attached hydrogens (tertiary/aromatic N) is 1. The number of nitriles is 1. The second kappa shape index (κ2) is 5.75. The molecule has 0 saturated heterocycles. The van der Waals surface area contributed by atoms with Crippen molar-refractivity contribution in [3.63, 3.8) is 0 Å². The number of ether oxygens (including phenoxy) is 1. The van der Waals surface area contributed by atoms with E-state index in [1.165, 1.54) is 18.4 Å². The largest absolute Gasteiger partial charge is 0.492 e. The summed E-state index contributed by atoms with van der Waals surface area (Å²) in [5, 5.41) is 12.3. The Bertz CT molecular complexity index is 530. The first-order chi connectivity index (χ1) is 9.71. The highest BCUT2D eigenvalue weighted by atomic mass is 79.9. The molecule has 0 amide bonds. The molecule has 2 saturated carbocycles. The summed E-state index contributed by atoms with van der Waals surface area (Å²) in [5.41, 5.74) is 1.40. The Balaban J connectivity index is 1.55. The van der Waals surface area contributed by atoms with Gasteiger partial charge in [-0.1, -0.05) is 6.07 Å². The van der Waals surface area contributed by atoms with Gasteiger partial charge in [0.25, 0.3) is 0 Å². The number of nitrogens with one attached hydrogen (secondary N) is 1. The van der Waals surface area contributed by atoms with E-state index >= 15 is 0 Å². The van der Waals surface area contributed by atoms with Crippen molar-refractivity contribution in [3.8, 4) is 11.8 Å². The lowest BCUT2D eigenvalue weighted by atomic mass is 10.1. The average molecular weight is 335 g/mol. The van der Waals surface area contributed by atoms with Gasteiger partial charge in [0.15, 0.2) is 0 Å². The predicted molar refractivity (Wildman–Crippen MR) is 81.4 cm³/mol. The fraction of sp³-hybridized carbons (Fsp3) is 0.562. The van der Waals surface area contributed by atoms with E-state index < -0.39 is 0 Å². The molecule has 2 aliphatic carbocycles. The van der Waals surface area contributed by atoms with Crippen LogP contribution in [0.3, 0.4) is 0 Å². The summed E-state index contributed by atoms with van der Waals surface area (Å²) in [5.74, 6) is 0.879. The summed E-state index contributed by atoms with van der Waals surface area (Å²) < 4.78 is 6.89. The maximum atomic E-state index is 8.82. The molecule has 0 radical (unpaired) electrons. The molecule has 3 nitrogen and oxygen atoms in total. The minimum absolute atomic E-state index is 0.125. The van der Waals surface area contributed by atoms with Crippen LogP contribution < -0.4 is 10.1 Å². The van der Waals surface area contributed by atoms with Gasteiger partial charge in [-0.25, -0.2) is 0 Å². The number of hydrogen-bond donors (Lipinski definition) is 1. The molecule has 2 aliphatic rings. The van der Waals surface area contributed by atoms with E-state index in [2.05, 4.69) is 39.4 Å². The van der Waals surface area contributed by atoms with Crippen LogP contribution in [0.4, 0.5) is 0 Å². The monoisotopic (exact) mass is 334 g/mol. The highest BCUT2D eigenvalue weighted by molar-refractivity contribution is 9.10. The number of benzene rings is 1. The van der Waals surface area contributed by atoms with Crippen molar-refractivity contribution in [1.29, 1.82) is 5.26 Å². The highest BCUT2D eigenvalue weighted by Gasteiger charge is 2.43. The fourth-order valence-corrected chi connectivity index (χ4v) is 2.81. The normalized spacial score (nSPS) is 19.4. The molecule has 0 aliphatic heterocycles. The lowest BCUT2D eigenvalue weighted by Crippen LogP contribution is -2.15. The van der Waals surface area contributed by atoms with Crippen molar-refractivity contribution in [2.45, 2.75) is 44.7 Å². The summed E-state index contributed by atoms with van der Waals surface area (Å²) in [7, 11) is 0. The van der Waals surface area contributed by atoms with Crippen LogP contribution in [0.5, 0.6) is 5.75 Å². The van der Waals surface area contributed by atoms with Crippen LogP contribution in [-0.2, 0) is 6.54 Å². The Morgan fingerprint density at radius 1 is 1.40 bits per heavy atom. The van der Waals surface area contributed by atoms with Crippen LogP contribution in [0.1, 0.15) is 37.7 Å². The van der Waals surface area contributed by atoms with Crippen molar-refractivity contribution in [1.82, 2.24) is 5.32 Å². The molecule has 2 fully saturated rings. The summed E-state index contributed by atoms with van der Waals surface area (Å²) in [4.78, 5) is 0. The molecule has 1 N–H and O–H groups in total. The van der Waals surface area contributed by atoms with Gasteiger partial charge in [0.2, 0.25) is 0 Å². The summed E-state index contributed by atoms with van der Waals surface area (Å²) in [6, 6.07) is 9.25. The van der Waals surface area contributed by atoms with Gasteiger partial charge in [0.1, 0.15) is 5.75 Å². The van der Waals surface area contributed by atoms with Crippen molar-refractivity contribution in [2.24, 2.45) is 5.41 Å². The standard InChI is InChI=1S/C16H19BrN2O/c17-14-9-12(10-19-13-2-3-13)1-4-15(14)20-11-16(5-6-16)7-8-18/h1,4,9,13,19H,2-3,5-7,10-11H2. The SMILES string of the molecule is N#CCC1(COc2ccc(CNC3CC3)cc2Br)CC1. The minimum Gasteiger partial charge on any atom is -0.492 e. The highest BCUT2D eigenvalue weighted by Crippen LogP contribution is 2.49. The molecule has 20 heavy (non-hydrogen) atoms. The fourth-order valence-electron chi connectivity index (χ4n) is 2.27. The van der Waals surface area contributed by atoms with E-state index in [9.17, 15) is 0 Å². The second-order valence-electron chi connectivity index (χ2n) is 6.04. The smallest absolute Gasteiger partial charge is 0.133 e. The van der Waals surface area contributed by atoms with Gasteiger partial charge < -0.3 is 10.1 Å². The minimum atomic E-state index is 0.125. The Labute approximate surface area is 128 Å². The van der Waals surface area contributed by atoms with Crippen LogP contribution in [0.15, 0.2) is 22.7 Å². The van der Waals surface area contributed by atoms with Gasteiger partial charge >= 0.3 is 0 Å². The number of halogens is 1. The van der Waals surface area contributed by atoms with Crippen molar-refractivity contribution >= 4 is 15.9 Å². The zero-order valence-corrected chi connectivity index (χ0v) is 13.1. The molecule has 3 rings (SSSR count). The average Bonchev–Trinajstić information content (AvgIpc) is 3.32. The van der Waals surface area contributed by atoms with Gasteiger partial charge in [-0.3, -0.25) is 0 Å². The first-order valence-corrected chi connectivity index (χ1v) is 8.02. The molecule has 0 aromatic heterocycles. The van der Waals surface area contributed by atoms with Crippen LogP contribution >= 0.6 is 15.9 Å². The van der Waals surface area contributed by atoms with Crippen LogP contribution in [0.2, 0.25) is 0 Å². The first kappa shape index (κ1) is 13.9. The van der Waals surface area contributed by atoms with Crippen molar-refractivity contribution in [2.75, 3.05) is 6.61 Å². The molecular formula is C16H19BrN2O. The van der Waals surface area contributed by atoms with Crippen LogP contribution in [-0.4, -0.2) is 12.6 Å². The molecule has 0 heterocycles. The molecule has 0 unspecified atom stereocenters. The topological polar surface area (TPSA) is 45.0 Å². The number of rotatable bonds is 7. The van der Waals surface area contributed by atoms with Gasteiger partial charge in [0.05, 0.1) is 17.1 Å². The third-order valence-electron chi connectivity index (χ3n) is 4.11. The van der Waals surface area contributed by atoms with Crippen LogP contribution in [0.25, 0.3) is 0 Å². The zero-order chi connectivity index (χ0) is 14.0. The van der Waals surface area contributed by atoms with E-state index in [0.29, 0.717) is 13.0 Å². The van der Waals surface area contributed by atoms with Crippen molar-refractivity contribution < 1.29 is 4.74 Å². The lowest BCUT2D eigenvalue weighted by Gasteiger charge is -2.14. The maximum Gasteiger partial charge on any atom is 0.133 e. The van der Waals surface area contributed by atoms with Gasteiger partial charge in [0, 0.05) is 24.4 Å². The molecule has 0 bridgehead atoms. The molecule has 0 atom stereocenters. The molecule has 106 valence electrons. The van der Waals surface area contributed by atoms with Crippen molar-refractivity contribution in [3.05, 3.63) is 28.2 Å². The molecule has 1 aromatic rings. The lowest BCUT2D eigenvalue weighted by molar-refractivity contribution is 0.235. The van der Waals surface area contributed by atoms with Gasteiger partial charge in [-0.15, -0.1) is 0 Å². The van der Waals surface area contributed by atoms with E-state index in [0.717, 1.165) is 35.7 Å². The van der Waals surface area contributed by atoms with Gasteiger partial charge in [-0.05, 0) is 59.3 Å². The molecule has 0 spiro atoms. The van der Waals surface area contributed by atoms with E-state index in [1.807, 2.05) is 6.07 Å². The third-order valence-corrected chi connectivity index (χ3v) is 4.73. The molecule has 1 aromatic carbocycles. The quantitative estimate of drug-likeness (QED) is 0.825. The maximum absolute atomic E-state index is 8.82. The zero-order valence-electron chi connectivity index (χ0n) is 11.5. The summed E-state index contributed by atoms with van der Waals surface area (Å²) in [6.45, 7) is 1.57. The van der Waals surface area contributed by atoms with E-state index in [-0.39, 0.29) is 5.41 Å². The Morgan fingerprint density at radius 3 is 2.80 bits per heavy atom. The third kappa shape index (κ3) is 3.53. The van der Waals surface area contributed by atoms with E-state index in [4.69, 9.17) is 10.00 Å². The Morgan fingerprint density at radius 2 is 2.20 bits per heavy atom.